The van der Waals surface area contributed by atoms with Crippen molar-refractivity contribution in [3.05, 3.63) is 12.1 Å². The van der Waals surface area contributed by atoms with Gasteiger partial charge in [0.05, 0.1) is 0 Å². The van der Waals surface area contributed by atoms with E-state index in [1.54, 1.807) is 0 Å². The summed E-state index contributed by atoms with van der Waals surface area (Å²) in [6.07, 6.45) is 4.07. The zero-order valence-corrected chi connectivity index (χ0v) is 13.3. The fraction of sp³-hybridized carbons (Fsp3) is 0.800. The molecule has 0 saturated heterocycles. The Morgan fingerprint density at radius 2 is 1.94 bits per heavy atom. The molecular weight excluding hydrogens is 241 g/mol. The fourth-order valence-electron chi connectivity index (χ4n) is 1.56. The van der Waals surface area contributed by atoms with E-state index >= 15 is 0 Å². The van der Waals surface area contributed by atoms with Crippen LogP contribution in [0.4, 0.5) is 12.9 Å². The van der Waals surface area contributed by atoms with E-state index in [1.807, 2.05) is 11.8 Å². The summed E-state index contributed by atoms with van der Waals surface area (Å²) in [6.45, 7) is 1.11. The van der Waals surface area contributed by atoms with Gasteiger partial charge in [0.2, 0.25) is 0 Å². The van der Waals surface area contributed by atoms with E-state index < -0.39 is 12.4 Å². The molecule has 0 radical (unpaired) electrons. The maximum atomic E-state index is 12.4. The second-order valence-electron chi connectivity index (χ2n) is 4.29. The third-order valence-electron chi connectivity index (χ3n) is 2.73. The average molecular weight is 259 g/mol. The van der Waals surface area contributed by atoms with Crippen LogP contribution in [0.15, 0.2) is 12.1 Å². The van der Waals surface area contributed by atoms with E-state index in [9.17, 15) is 12.9 Å². The van der Waals surface area contributed by atoms with Gasteiger partial charge in [-0.25, -0.2) is 0 Å². The van der Waals surface area contributed by atoms with Crippen LogP contribution in [0.1, 0.15) is 32.6 Å². The maximum absolute atomic E-state index is 12.4. The molecule has 1 saturated carbocycles. The first-order valence-corrected chi connectivity index (χ1v) is 5.56. The van der Waals surface area contributed by atoms with Gasteiger partial charge in [-0.2, -0.15) is 0 Å². The van der Waals surface area contributed by atoms with Gasteiger partial charge in [0.25, 0.3) is 0 Å². The van der Waals surface area contributed by atoms with Gasteiger partial charge in [0, 0.05) is 6.04 Å². The van der Waals surface area contributed by atoms with Gasteiger partial charge >= 0.3 is 58.4 Å². The van der Waals surface area contributed by atoms with E-state index in [0.29, 0.717) is 6.04 Å². The van der Waals surface area contributed by atoms with E-state index in [-0.39, 0.29) is 57.9 Å². The number of nitrogens with zero attached hydrogens (tertiary/aromatic N) is 1. The van der Waals surface area contributed by atoms with Crippen LogP contribution in [-0.2, 0) is 0 Å². The van der Waals surface area contributed by atoms with Crippen molar-refractivity contribution in [3.63, 3.8) is 0 Å². The largest absolute Gasteiger partial charge is 1.00 e. The van der Waals surface area contributed by atoms with Crippen molar-refractivity contribution in [2.45, 2.75) is 38.6 Å². The van der Waals surface area contributed by atoms with Gasteiger partial charge in [-0.3, -0.25) is 4.90 Å². The predicted octanol–water partition coefficient (Wildman–Crippen LogP) is 0.198. The molecular formula is C10H18BF3KN. The van der Waals surface area contributed by atoms with Gasteiger partial charge in [-0.1, -0.05) is 13.3 Å². The van der Waals surface area contributed by atoms with Crippen LogP contribution < -0.4 is 51.4 Å². The molecule has 1 rings (SSSR count). The third kappa shape index (κ3) is 6.21. The Balaban J connectivity index is 0.00000225. The molecule has 1 aliphatic rings. The predicted molar refractivity (Wildman–Crippen MR) is 57.7 cm³/mol. The molecule has 1 fully saturated rings. The van der Waals surface area contributed by atoms with Crippen molar-refractivity contribution in [1.82, 2.24) is 4.90 Å². The average Bonchev–Trinajstić information content (AvgIpc) is 2.93. The second kappa shape index (κ2) is 7.59. The van der Waals surface area contributed by atoms with Crippen LogP contribution in [0.25, 0.3) is 0 Å². The summed E-state index contributed by atoms with van der Waals surface area (Å²) >= 11 is 0. The molecule has 0 N–H and O–H groups in total. The molecule has 0 aliphatic heterocycles. The molecule has 0 aromatic rings. The molecule has 0 unspecified atom stereocenters. The number of hydrogen-bond acceptors (Lipinski definition) is 1. The Labute approximate surface area is 138 Å². The molecule has 16 heavy (non-hydrogen) atoms. The second-order valence-corrected chi connectivity index (χ2v) is 4.29. The maximum Gasteiger partial charge on any atom is 1.00 e. The first kappa shape index (κ1) is 17.2. The van der Waals surface area contributed by atoms with Crippen molar-refractivity contribution in [2.24, 2.45) is 0 Å². The summed E-state index contributed by atoms with van der Waals surface area (Å²) in [5.74, 6) is 0. The summed E-state index contributed by atoms with van der Waals surface area (Å²) in [7, 11) is 0. The minimum atomic E-state index is -4.86. The zero-order chi connectivity index (χ0) is 11.5. The van der Waals surface area contributed by atoms with E-state index in [4.69, 9.17) is 0 Å². The SMILES string of the molecule is C=C(CN(CCCC)C1CC1)[B-](F)(F)F.[K+]. The number of unbranched alkanes of at least 4 members (excludes halogenated alkanes) is 1. The van der Waals surface area contributed by atoms with Crippen LogP contribution in [0.2, 0.25) is 0 Å². The van der Waals surface area contributed by atoms with Crippen molar-refractivity contribution in [3.8, 4) is 0 Å². The Morgan fingerprint density at radius 1 is 1.38 bits per heavy atom. The summed E-state index contributed by atoms with van der Waals surface area (Å²) in [4.78, 5) is 1.93. The summed E-state index contributed by atoms with van der Waals surface area (Å²) in [5, 5.41) is 0. The molecule has 0 amide bonds. The molecule has 0 heterocycles. The van der Waals surface area contributed by atoms with Crippen LogP contribution in [0, 0.1) is 0 Å². The Hall–Kier alpha value is 1.19. The smallest absolute Gasteiger partial charge is 0.445 e. The Morgan fingerprint density at radius 3 is 2.31 bits per heavy atom. The minimum absolute atomic E-state index is 0. The third-order valence-corrected chi connectivity index (χ3v) is 2.73. The van der Waals surface area contributed by atoms with Crippen molar-refractivity contribution in [1.29, 1.82) is 0 Å². The molecule has 0 bridgehead atoms. The molecule has 0 spiro atoms. The number of hydrogen-bond donors (Lipinski definition) is 0. The first-order chi connectivity index (χ1) is 6.95. The summed E-state index contributed by atoms with van der Waals surface area (Å²) in [5.41, 5.74) is -0.557. The van der Waals surface area contributed by atoms with Crippen LogP contribution >= 0.6 is 0 Å². The van der Waals surface area contributed by atoms with Crippen molar-refractivity contribution < 1.29 is 64.3 Å². The first-order valence-electron chi connectivity index (χ1n) is 5.56. The quantitative estimate of drug-likeness (QED) is 0.590. The van der Waals surface area contributed by atoms with E-state index in [1.165, 1.54) is 0 Å². The standard InChI is InChI=1S/C10H18BF3N.K/c1-3-4-7-15(10-5-6-10)8-9(2)11(12,13)14;/h10H,2-8H2,1H3;/q-1;+1. The van der Waals surface area contributed by atoms with Crippen molar-refractivity contribution in [2.75, 3.05) is 13.1 Å². The van der Waals surface area contributed by atoms with Crippen molar-refractivity contribution >= 4 is 6.98 Å². The van der Waals surface area contributed by atoms with E-state index in [2.05, 4.69) is 6.58 Å². The topological polar surface area (TPSA) is 3.24 Å². The van der Waals surface area contributed by atoms with Gasteiger partial charge < -0.3 is 12.9 Å². The molecule has 0 aromatic heterocycles. The normalized spacial score (nSPS) is 16.1. The summed E-state index contributed by atoms with van der Waals surface area (Å²) < 4.78 is 37.1. The van der Waals surface area contributed by atoms with Gasteiger partial charge in [-0.15, -0.1) is 12.1 Å². The molecule has 1 nitrogen and oxygen atoms in total. The summed E-state index contributed by atoms with van der Waals surface area (Å²) in [6, 6.07) is 0.381. The molecule has 1 aliphatic carbocycles. The van der Waals surface area contributed by atoms with Crippen LogP contribution in [0.5, 0.6) is 0 Å². The van der Waals surface area contributed by atoms with Gasteiger partial charge in [0.15, 0.2) is 0 Å². The number of rotatable bonds is 7. The van der Waals surface area contributed by atoms with Gasteiger partial charge in [-0.05, 0) is 32.4 Å². The van der Waals surface area contributed by atoms with Crippen LogP contribution in [0.3, 0.4) is 0 Å². The van der Waals surface area contributed by atoms with Gasteiger partial charge in [0.1, 0.15) is 0 Å². The Kier molecular flexibility index (Phi) is 8.15. The fourth-order valence-corrected chi connectivity index (χ4v) is 1.56. The number of halogens is 3. The monoisotopic (exact) mass is 259 g/mol. The van der Waals surface area contributed by atoms with E-state index in [0.717, 1.165) is 32.2 Å². The molecule has 6 heteroatoms. The molecule has 88 valence electrons. The zero-order valence-electron chi connectivity index (χ0n) is 10.2. The van der Waals surface area contributed by atoms with Crippen LogP contribution in [-0.4, -0.2) is 31.0 Å². The molecule has 0 aromatic carbocycles. The molecule has 0 atom stereocenters. The Bertz CT molecular complexity index is 229. The minimum Gasteiger partial charge on any atom is -0.445 e.